The van der Waals surface area contributed by atoms with E-state index in [0.717, 1.165) is 22.8 Å². The van der Waals surface area contributed by atoms with E-state index in [9.17, 15) is 0 Å². The Labute approximate surface area is 130 Å². The molecule has 0 amide bonds. The fourth-order valence-electron chi connectivity index (χ4n) is 3.33. The maximum absolute atomic E-state index is 5.63. The summed E-state index contributed by atoms with van der Waals surface area (Å²) in [7, 11) is 1.65. The van der Waals surface area contributed by atoms with Crippen molar-refractivity contribution in [1.29, 1.82) is 0 Å². The Bertz CT molecular complexity index is 642. The fourth-order valence-corrected chi connectivity index (χ4v) is 3.33. The van der Waals surface area contributed by atoms with Crippen LogP contribution in [0.4, 0.5) is 5.69 Å². The average Bonchev–Trinajstić information content (AvgIpc) is 3.29. The largest absolute Gasteiger partial charge is 0.438 e. The molecule has 1 aliphatic heterocycles. The van der Waals surface area contributed by atoms with Crippen molar-refractivity contribution in [2.24, 2.45) is 0 Å². The second-order valence-corrected chi connectivity index (χ2v) is 6.41. The summed E-state index contributed by atoms with van der Waals surface area (Å²) in [5.74, 6) is 0.632. The Balaban J connectivity index is 1.40. The Hall–Kier alpha value is -1.59. The van der Waals surface area contributed by atoms with Crippen LogP contribution in [0.15, 0.2) is 22.6 Å². The molecule has 2 fully saturated rings. The number of ether oxygens (including phenoxy) is 1. The number of rotatable bonds is 5. The Kier molecular flexibility index (Phi) is 3.76. The van der Waals surface area contributed by atoms with E-state index >= 15 is 0 Å². The Morgan fingerprint density at radius 2 is 2.09 bits per heavy atom. The summed E-state index contributed by atoms with van der Waals surface area (Å²) >= 11 is 0. The SMILES string of the molecule is COCc1nc2cc(NC3CCN(C4CC4)CC3)ccc2o1. The van der Waals surface area contributed by atoms with Crippen molar-refractivity contribution in [1.82, 2.24) is 9.88 Å². The van der Waals surface area contributed by atoms with Crippen molar-refractivity contribution >= 4 is 16.8 Å². The lowest BCUT2D eigenvalue weighted by atomic mass is 10.0. The maximum Gasteiger partial charge on any atom is 0.221 e. The maximum atomic E-state index is 5.63. The van der Waals surface area contributed by atoms with Crippen LogP contribution in [0.25, 0.3) is 11.1 Å². The van der Waals surface area contributed by atoms with Crippen LogP contribution >= 0.6 is 0 Å². The third kappa shape index (κ3) is 2.96. The molecule has 0 bridgehead atoms. The lowest BCUT2D eigenvalue weighted by molar-refractivity contribution is 0.161. The van der Waals surface area contributed by atoms with Gasteiger partial charge in [0.15, 0.2) is 5.58 Å². The molecule has 1 aliphatic carbocycles. The molecule has 0 spiro atoms. The van der Waals surface area contributed by atoms with Crippen molar-refractivity contribution in [3.05, 3.63) is 24.1 Å². The van der Waals surface area contributed by atoms with Crippen molar-refractivity contribution in [3.8, 4) is 0 Å². The fraction of sp³-hybridized carbons (Fsp3) is 0.588. The summed E-state index contributed by atoms with van der Waals surface area (Å²) in [5, 5.41) is 3.65. The van der Waals surface area contributed by atoms with E-state index in [-0.39, 0.29) is 0 Å². The monoisotopic (exact) mass is 301 g/mol. The number of nitrogens with zero attached hydrogens (tertiary/aromatic N) is 2. The molecule has 22 heavy (non-hydrogen) atoms. The highest BCUT2D eigenvalue weighted by molar-refractivity contribution is 5.77. The number of likely N-dealkylation sites (tertiary alicyclic amines) is 1. The van der Waals surface area contributed by atoms with E-state index in [1.165, 1.54) is 38.8 Å². The first-order valence-electron chi connectivity index (χ1n) is 8.21. The minimum Gasteiger partial charge on any atom is -0.438 e. The average molecular weight is 301 g/mol. The summed E-state index contributed by atoms with van der Waals surface area (Å²) in [6.07, 6.45) is 5.26. The highest BCUT2D eigenvalue weighted by atomic mass is 16.5. The van der Waals surface area contributed by atoms with Gasteiger partial charge in [-0.15, -0.1) is 0 Å². The third-order valence-electron chi connectivity index (χ3n) is 4.66. The molecule has 0 unspecified atom stereocenters. The minimum absolute atomic E-state index is 0.414. The van der Waals surface area contributed by atoms with Crippen LogP contribution in [0.1, 0.15) is 31.6 Å². The normalized spacial score (nSPS) is 20.6. The van der Waals surface area contributed by atoms with Gasteiger partial charge in [-0.3, -0.25) is 0 Å². The van der Waals surface area contributed by atoms with Crippen LogP contribution in [0.3, 0.4) is 0 Å². The number of anilines is 1. The van der Waals surface area contributed by atoms with Crippen LogP contribution in [0.2, 0.25) is 0 Å². The molecule has 4 rings (SSSR count). The molecule has 1 N–H and O–H groups in total. The lowest BCUT2D eigenvalue weighted by Crippen LogP contribution is -2.40. The number of hydrogen-bond donors (Lipinski definition) is 1. The van der Waals surface area contributed by atoms with Crippen LogP contribution in [-0.2, 0) is 11.3 Å². The van der Waals surface area contributed by atoms with Gasteiger partial charge < -0.3 is 19.4 Å². The lowest BCUT2D eigenvalue weighted by Gasteiger charge is -2.32. The van der Waals surface area contributed by atoms with Crippen LogP contribution < -0.4 is 5.32 Å². The van der Waals surface area contributed by atoms with Crippen molar-refractivity contribution < 1.29 is 9.15 Å². The van der Waals surface area contributed by atoms with Gasteiger partial charge in [-0.2, -0.15) is 0 Å². The van der Waals surface area contributed by atoms with Gasteiger partial charge in [0.05, 0.1) is 0 Å². The van der Waals surface area contributed by atoms with E-state index in [0.29, 0.717) is 18.5 Å². The molecule has 2 heterocycles. The molecule has 1 saturated heterocycles. The number of hydrogen-bond acceptors (Lipinski definition) is 5. The molecular formula is C17H23N3O2. The molecule has 2 aromatic rings. The summed E-state index contributed by atoms with van der Waals surface area (Å²) in [6, 6.07) is 7.61. The zero-order chi connectivity index (χ0) is 14.9. The first-order chi connectivity index (χ1) is 10.8. The van der Waals surface area contributed by atoms with E-state index in [4.69, 9.17) is 9.15 Å². The number of methoxy groups -OCH3 is 1. The predicted molar refractivity (Wildman–Crippen MR) is 86.0 cm³/mol. The number of piperidine rings is 1. The van der Waals surface area contributed by atoms with Gasteiger partial charge >= 0.3 is 0 Å². The first-order valence-corrected chi connectivity index (χ1v) is 8.21. The highest BCUT2D eigenvalue weighted by Gasteiger charge is 2.31. The topological polar surface area (TPSA) is 50.5 Å². The smallest absolute Gasteiger partial charge is 0.221 e. The van der Waals surface area contributed by atoms with Crippen molar-refractivity contribution in [2.45, 2.75) is 44.4 Å². The molecule has 1 saturated carbocycles. The molecular weight excluding hydrogens is 278 g/mol. The standard InChI is InChI=1S/C17H23N3O2/c1-21-11-17-19-15-10-13(2-5-16(15)22-17)18-12-6-8-20(9-7-12)14-3-4-14/h2,5,10,12,14,18H,3-4,6-9,11H2,1H3. The number of fused-ring (bicyclic) bond motifs is 1. The Morgan fingerprint density at radius 3 is 2.82 bits per heavy atom. The van der Waals surface area contributed by atoms with Crippen molar-refractivity contribution in [3.63, 3.8) is 0 Å². The summed E-state index contributed by atoms with van der Waals surface area (Å²) in [5.41, 5.74) is 2.85. The first kappa shape index (κ1) is 14.0. The molecule has 2 aliphatic rings. The van der Waals surface area contributed by atoms with E-state index in [1.807, 2.05) is 6.07 Å². The molecule has 118 valence electrons. The summed E-state index contributed by atoms with van der Waals surface area (Å²) in [6.45, 7) is 2.87. The van der Waals surface area contributed by atoms with E-state index < -0.39 is 0 Å². The summed E-state index contributed by atoms with van der Waals surface area (Å²) < 4.78 is 10.7. The number of benzene rings is 1. The van der Waals surface area contributed by atoms with Gasteiger partial charge in [0.25, 0.3) is 0 Å². The molecule has 0 radical (unpaired) electrons. The number of oxazole rings is 1. The Morgan fingerprint density at radius 1 is 1.27 bits per heavy atom. The van der Waals surface area contributed by atoms with Crippen LogP contribution in [0, 0.1) is 0 Å². The molecule has 5 nitrogen and oxygen atoms in total. The van der Waals surface area contributed by atoms with Gasteiger partial charge in [0, 0.05) is 38.0 Å². The minimum atomic E-state index is 0.414. The highest BCUT2D eigenvalue weighted by Crippen LogP contribution is 2.30. The van der Waals surface area contributed by atoms with Gasteiger partial charge in [-0.1, -0.05) is 0 Å². The molecule has 1 aromatic carbocycles. The van der Waals surface area contributed by atoms with Crippen LogP contribution in [-0.4, -0.2) is 42.2 Å². The predicted octanol–water partition coefficient (Wildman–Crippen LogP) is 3.01. The molecule has 5 heteroatoms. The van der Waals surface area contributed by atoms with Crippen LogP contribution in [0.5, 0.6) is 0 Å². The van der Waals surface area contributed by atoms with Gasteiger partial charge in [-0.05, 0) is 43.9 Å². The molecule has 0 atom stereocenters. The third-order valence-corrected chi connectivity index (χ3v) is 4.66. The summed E-state index contributed by atoms with van der Waals surface area (Å²) in [4.78, 5) is 7.11. The van der Waals surface area contributed by atoms with Crippen molar-refractivity contribution in [2.75, 3.05) is 25.5 Å². The van der Waals surface area contributed by atoms with Gasteiger partial charge in [-0.25, -0.2) is 4.98 Å². The second-order valence-electron chi connectivity index (χ2n) is 6.41. The molecule has 1 aromatic heterocycles. The number of aromatic nitrogens is 1. The number of nitrogens with one attached hydrogen (secondary N) is 1. The van der Waals surface area contributed by atoms with Gasteiger partial charge in [0.2, 0.25) is 5.89 Å². The van der Waals surface area contributed by atoms with E-state index in [1.54, 1.807) is 7.11 Å². The quantitative estimate of drug-likeness (QED) is 0.920. The second kappa shape index (κ2) is 5.89. The zero-order valence-electron chi connectivity index (χ0n) is 13.0. The zero-order valence-corrected chi connectivity index (χ0v) is 13.0. The van der Waals surface area contributed by atoms with E-state index in [2.05, 4.69) is 27.3 Å². The van der Waals surface area contributed by atoms with Gasteiger partial charge in [0.1, 0.15) is 12.1 Å².